The summed E-state index contributed by atoms with van der Waals surface area (Å²) in [5.74, 6) is 3.00. The van der Waals surface area contributed by atoms with Crippen molar-refractivity contribution in [1.29, 1.82) is 0 Å². The van der Waals surface area contributed by atoms with Crippen LogP contribution in [0, 0.1) is 11.3 Å². The molecule has 0 amide bonds. The third kappa shape index (κ3) is 5.15. The second kappa shape index (κ2) is 10.9. The van der Waals surface area contributed by atoms with Gasteiger partial charge in [0.25, 0.3) is 0 Å². The average molecular weight is 531 g/mol. The largest absolute Gasteiger partial charge is 0.490 e. The molecule has 4 unspecified atom stereocenters. The van der Waals surface area contributed by atoms with Gasteiger partial charge in [-0.3, -0.25) is 4.99 Å². The normalized spacial score (nSPS) is 25.4. The van der Waals surface area contributed by atoms with Crippen molar-refractivity contribution >= 4 is 29.9 Å². The van der Waals surface area contributed by atoms with Crippen LogP contribution in [0.5, 0.6) is 11.5 Å². The lowest BCUT2D eigenvalue weighted by Crippen LogP contribution is -2.68. The summed E-state index contributed by atoms with van der Waals surface area (Å²) in [6.07, 6.45) is 1.48. The van der Waals surface area contributed by atoms with Gasteiger partial charge in [-0.05, 0) is 51.8 Å². The maximum absolute atomic E-state index is 5.93. The minimum Gasteiger partial charge on any atom is -0.490 e. The van der Waals surface area contributed by atoms with Gasteiger partial charge < -0.3 is 24.8 Å². The second-order valence-electron chi connectivity index (χ2n) is 8.45. The highest BCUT2D eigenvalue weighted by Crippen LogP contribution is 2.52. The number of nitrogens with one attached hydrogen (secondary N) is 2. The maximum atomic E-state index is 5.93. The van der Waals surface area contributed by atoms with Crippen LogP contribution in [0.25, 0.3) is 0 Å². The Labute approximate surface area is 198 Å². The molecule has 0 aromatic heterocycles. The van der Waals surface area contributed by atoms with E-state index in [4.69, 9.17) is 19.2 Å². The first-order chi connectivity index (χ1) is 13.9. The Morgan fingerprint density at radius 1 is 1.20 bits per heavy atom. The number of benzene rings is 1. The summed E-state index contributed by atoms with van der Waals surface area (Å²) < 4.78 is 17.4. The van der Waals surface area contributed by atoms with Crippen molar-refractivity contribution in [3.05, 3.63) is 23.8 Å². The summed E-state index contributed by atoms with van der Waals surface area (Å²) in [4.78, 5) is 4.69. The molecule has 30 heavy (non-hydrogen) atoms. The molecule has 2 N–H and O–H groups in total. The molecular weight excluding hydrogens is 493 g/mol. The Morgan fingerprint density at radius 3 is 2.57 bits per heavy atom. The fraction of sp³-hybridized carbons (Fsp3) is 0.696. The van der Waals surface area contributed by atoms with Crippen LogP contribution in [0.3, 0.4) is 0 Å². The number of rotatable bonds is 8. The van der Waals surface area contributed by atoms with Crippen LogP contribution in [-0.4, -0.2) is 44.5 Å². The van der Waals surface area contributed by atoms with E-state index in [1.807, 2.05) is 19.9 Å². The molecule has 170 valence electrons. The van der Waals surface area contributed by atoms with E-state index < -0.39 is 0 Å². The zero-order valence-corrected chi connectivity index (χ0v) is 21.5. The molecule has 2 aliphatic rings. The summed E-state index contributed by atoms with van der Waals surface area (Å²) in [6, 6.07) is 6.59. The lowest BCUT2D eigenvalue weighted by atomic mass is 9.57. The fourth-order valence-electron chi connectivity index (χ4n) is 4.68. The van der Waals surface area contributed by atoms with Gasteiger partial charge in [0, 0.05) is 30.5 Å². The molecule has 1 aliphatic carbocycles. The van der Waals surface area contributed by atoms with Crippen LogP contribution in [0.4, 0.5) is 0 Å². The smallest absolute Gasteiger partial charge is 0.191 e. The van der Waals surface area contributed by atoms with Crippen LogP contribution in [-0.2, 0) is 4.74 Å². The van der Waals surface area contributed by atoms with E-state index in [1.54, 1.807) is 0 Å². The van der Waals surface area contributed by atoms with Crippen LogP contribution in [0.1, 0.15) is 59.6 Å². The predicted molar refractivity (Wildman–Crippen MR) is 132 cm³/mol. The van der Waals surface area contributed by atoms with E-state index in [-0.39, 0.29) is 35.4 Å². The zero-order chi connectivity index (χ0) is 21.0. The molecule has 7 heteroatoms. The van der Waals surface area contributed by atoms with Gasteiger partial charge in [-0.15, -0.1) is 24.0 Å². The lowest BCUT2D eigenvalue weighted by molar-refractivity contribution is -0.106. The molecule has 1 saturated carbocycles. The van der Waals surface area contributed by atoms with E-state index in [0.717, 1.165) is 42.6 Å². The van der Waals surface area contributed by atoms with E-state index in [0.29, 0.717) is 31.3 Å². The Hall–Kier alpha value is -1.22. The Morgan fingerprint density at radius 2 is 1.90 bits per heavy atom. The summed E-state index contributed by atoms with van der Waals surface area (Å²) in [6.45, 7) is 15.6. The van der Waals surface area contributed by atoms with Gasteiger partial charge in [0.05, 0.1) is 25.4 Å². The summed E-state index contributed by atoms with van der Waals surface area (Å²) in [5, 5.41) is 7.26. The van der Waals surface area contributed by atoms with Gasteiger partial charge in [-0.2, -0.15) is 0 Å². The van der Waals surface area contributed by atoms with Crippen LogP contribution < -0.4 is 20.1 Å². The van der Waals surface area contributed by atoms with E-state index in [2.05, 4.69) is 50.5 Å². The zero-order valence-electron chi connectivity index (χ0n) is 19.2. The standard InChI is InChI=1S/C23H37N3O3.HI/c1-7-24-22(26-20-17-12-13-29-21(17)23(20,5)6)25-15(4)16-10-11-18(27-8-2)19(14-16)28-9-3;/h10-11,14-15,17,20-21H,7-9,12-13H2,1-6H3,(H2,24,25,26);1H. The lowest BCUT2D eigenvalue weighted by Gasteiger charge is -2.55. The molecular formula is C23H38IN3O3. The van der Waals surface area contributed by atoms with Gasteiger partial charge in [0.2, 0.25) is 0 Å². The third-order valence-corrected chi connectivity index (χ3v) is 6.13. The van der Waals surface area contributed by atoms with Gasteiger partial charge in [-0.25, -0.2) is 0 Å². The number of guanidine groups is 1. The van der Waals surface area contributed by atoms with Crippen LogP contribution in [0.2, 0.25) is 0 Å². The van der Waals surface area contributed by atoms with E-state index >= 15 is 0 Å². The van der Waals surface area contributed by atoms with Crippen molar-refractivity contribution in [3.63, 3.8) is 0 Å². The summed E-state index contributed by atoms with van der Waals surface area (Å²) >= 11 is 0. The molecule has 1 aromatic rings. The highest BCUT2D eigenvalue weighted by molar-refractivity contribution is 14.0. The third-order valence-electron chi connectivity index (χ3n) is 6.13. The molecule has 2 fully saturated rings. The molecule has 1 heterocycles. The minimum atomic E-state index is 0. The highest BCUT2D eigenvalue weighted by atomic mass is 127. The van der Waals surface area contributed by atoms with E-state index in [1.165, 1.54) is 0 Å². The summed E-state index contributed by atoms with van der Waals surface area (Å²) in [5.41, 5.74) is 1.25. The number of fused-ring (bicyclic) bond motifs is 1. The Kier molecular flexibility index (Phi) is 9.09. The number of nitrogens with zero attached hydrogens (tertiary/aromatic N) is 1. The quantitative estimate of drug-likeness (QED) is 0.293. The first kappa shape index (κ1) is 25.0. The van der Waals surface area contributed by atoms with Gasteiger partial charge in [-0.1, -0.05) is 19.9 Å². The molecule has 1 aromatic carbocycles. The highest BCUT2D eigenvalue weighted by Gasteiger charge is 2.59. The molecule has 0 radical (unpaired) electrons. The molecule has 0 bridgehead atoms. The Balaban J connectivity index is 0.00000320. The topological polar surface area (TPSA) is 64.1 Å². The van der Waals surface area contributed by atoms with Crippen molar-refractivity contribution in [1.82, 2.24) is 10.6 Å². The minimum absolute atomic E-state index is 0. The second-order valence-corrected chi connectivity index (χ2v) is 8.45. The Bertz CT molecular complexity index is 726. The number of ether oxygens (including phenoxy) is 3. The number of halogens is 1. The van der Waals surface area contributed by atoms with Gasteiger partial charge in [0.1, 0.15) is 0 Å². The molecule has 3 rings (SSSR count). The number of aliphatic imine (C=N–C) groups is 1. The fourth-order valence-corrected chi connectivity index (χ4v) is 4.68. The van der Waals surface area contributed by atoms with Crippen molar-refractivity contribution in [2.75, 3.05) is 26.4 Å². The molecule has 0 spiro atoms. The first-order valence-electron chi connectivity index (χ1n) is 11.0. The van der Waals surface area contributed by atoms with Crippen LogP contribution in [0.15, 0.2) is 23.2 Å². The maximum Gasteiger partial charge on any atom is 0.191 e. The molecule has 6 nitrogen and oxygen atoms in total. The molecule has 1 saturated heterocycles. The predicted octanol–water partition coefficient (Wildman–Crippen LogP) is 4.53. The van der Waals surface area contributed by atoms with Crippen molar-refractivity contribution in [2.45, 2.75) is 66.2 Å². The monoisotopic (exact) mass is 531 g/mol. The molecule has 1 aliphatic heterocycles. The van der Waals surface area contributed by atoms with E-state index in [9.17, 15) is 0 Å². The SMILES string of the molecule is CCN=C(NC(C)c1ccc(OCC)c(OCC)c1)NC1C2CCOC2C1(C)C.I. The van der Waals surface area contributed by atoms with Crippen molar-refractivity contribution in [2.24, 2.45) is 16.3 Å². The summed E-state index contributed by atoms with van der Waals surface area (Å²) in [7, 11) is 0. The number of hydrogen-bond acceptors (Lipinski definition) is 4. The van der Waals surface area contributed by atoms with Crippen LogP contribution >= 0.6 is 24.0 Å². The van der Waals surface area contributed by atoms with Crippen molar-refractivity contribution in [3.8, 4) is 11.5 Å². The first-order valence-corrected chi connectivity index (χ1v) is 11.0. The van der Waals surface area contributed by atoms with Gasteiger partial charge in [0.15, 0.2) is 17.5 Å². The number of hydrogen-bond donors (Lipinski definition) is 2. The van der Waals surface area contributed by atoms with Crippen molar-refractivity contribution < 1.29 is 14.2 Å². The average Bonchev–Trinajstić information content (AvgIpc) is 3.15. The van der Waals surface area contributed by atoms with Gasteiger partial charge >= 0.3 is 0 Å². The molecule has 4 atom stereocenters.